The maximum atomic E-state index is 14.5. The van der Waals surface area contributed by atoms with Crippen LogP contribution >= 0.6 is 11.6 Å². The number of hydrogen-bond donors (Lipinski definition) is 0. The Labute approximate surface area is 201 Å². The van der Waals surface area contributed by atoms with E-state index in [0.29, 0.717) is 35.9 Å². The number of nitrogens with zero attached hydrogens (tertiary/aromatic N) is 4. The number of amides is 1. The summed E-state index contributed by atoms with van der Waals surface area (Å²) in [6.45, 7) is 4.95. The standard InChI is InChI=1S/C26H23ClF2N4O/c1-17(34)32-13-11-31(12-14-32)16-23-26(18-5-8-20(27)9-6-18)30-24-10-7-19(15-33(23)24)25-21(28)3-2-4-22(25)29/h2-10,15H,11-14,16H2,1H3. The molecule has 0 unspecified atom stereocenters. The minimum atomic E-state index is -0.612. The smallest absolute Gasteiger partial charge is 0.219 e. The molecule has 0 N–H and O–H groups in total. The Morgan fingerprint density at radius 1 is 0.941 bits per heavy atom. The zero-order valence-corrected chi connectivity index (χ0v) is 19.4. The largest absolute Gasteiger partial charge is 0.340 e. The van der Waals surface area contributed by atoms with Gasteiger partial charge in [0, 0.05) is 62.0 Å². The van der Waals surface area contributed by atoms with Crippen molar-refractivity contribution in [3.8, 4) is 22.4 Å². The molecule has 5 nitrogen and oxygen atoms in total. The molecule has 1 aliphatic heterocycles. The number of imidazole rings is 1. The molecule has 1 saturated heterocycles. The second-order valence-corrected chi connectivity index (χ2v) is 8.88. The lowest BCUT2D eigenvalue weighted by atomic mass is 10.1. The van der Waals surface area contributed by atoms with Crippen molar-refractivity contribution >= 4 is 23.2 Å². The minimum Gasteiger partial charge on any atom is -0.340 e. The number of fused-ring (bicyclic) bond motifs is 1. The Hall–Kier alpha value is -3.29. The highest BCUT2D eigenvalue weighted by Gasteiger charge is 2.23. The minimum absolute atomic E-state index is 0.0628. The van der Waals surface area contributed by atoms with Crippen molar-refractivity contribution in [2.24, 2.45) is 0 Å². The molecule has 0 aliphatic carbocycles. The molecule has 1 fully saturated rings. The second kappa shape index (κ2) is 9.16. The molecule has 8 heteroatoms. The van der Waals surface area contributed by atoms with Crippen LogP contribution in [0.2, 0.25) is 5.02 Å². The fourth-order valence-corrected chi connectivity index (χ4v) is 4.56. The van der Waals surface area contributed by atoms with Gasteiger partial charge < -0.3 is 9.30 Å². The van der Waals surface area contributed by atoms with Crippen LogP contribution < -0.4 is 0 Å². The van der Waals surface area contributed by atoms with Crippen molar-refractivity contribution in [3.05, 3.63) is 83.1 Å². The molecule has 0 atom stereocenters. The quantitative estimate of drug-likeness (QED) is 0.400. The van der Waals surface area contributed by atoms with Crippen LogP contribution in [0.1, 0.15) is 12.6 Å². The molecule has 2 aromatic heterocycles. The maximum absolute atomic E-state index is 14.5. The van der Waals surface area contributed by atoms with Crippen LogP contribution in [-0.4, -0.2) is 51.3 Å². The molecule has 4 aromatic rings. The third kappa shape index (κ3) is 4.29. The number of pyridine rings is 1. The first-order valence-electron chi connectivity index (χ1n) is 11.1. The summed E-state index contributed by atoms with van der Waals surface area (Å²) in [6, 6.07) is 14.8. The summed E-state index contributed by atoms with van der Waals surface area (Å²) in [5.74, 6) is -1.15. The number of rotatable bonds is 4. The SMILES string of the molecule is CC(=O)N1CCN(Cc2c(-c3ccc(Cl)cc3)nc3ccc(-c4c(F)cccc4F)cn23)CC1. The maximum Gasteiger partial charge on any atom is 0.219 e. The van der Waals surface area contributed by atoms with E-state index < -0.39 is 11.6 Å². The molecule has 0 radical (unpaired) electrons. The average Bonchev–Trinajstić information content (AvgIpc) is 3.17. The first-order valence-corrected chi connectivity index (χ1v) is 11.5. The van der Waals surface area contributed by atoms with Gasteiger partial charge in [0.25, 0.3) is 0 Å². The number of piperazine rings is 1. The number of carbonyl (C=O) groups excluding carboxylic acids is 1. The number of aromatic nitrogens is 2. The molecule has 1 aliphatic rings. The van der Waals surface area contributed by atoms with Gasteiger partial charge in [-0.25, -0.2) is 13.8 Å². The summed E-state index contributed by atoms with van der Waals surface area (Å²) in [5, 5.41) is 0.631. The van der Waals surface area contributed by atoms with Crippen LogP contribution in [0.25, 0.3) is 28.0 Å². The average molecular weight is 481 g/mol. The van der Waals surface area contributed by atoms with E-state index in [-0.39, 0.29) is 11.5 Å². The van der Waals surface area contributed by atoms with Gasteiger partial charge >= 0.3 is 0 Å². The zero-order chi connectivity index (χ0) is 23.8. The number of halogens is 3. The molecular formula is C26H23ClF2N4O. The normalized spacial score (nSPS) is 14.6. The summed E-state index contributed by atoms with van der Waals surface area (Å²) in [6.07, 6.45) is 1.74. The Morgan fingerprint density at radius 2 is 1.59 bits per heavy atom. The predicted octanol–water partition coefficient (Wildman–Crippen LogP) is 5.26. The van der Waals surface area contributed by atoms with Crippen LogP contribution in [0.3, 0.4) is 0 Å². The summed E-state index contributed by atoms with van der Waals surface area (Å²) in [7, 11) is 0. The van der Waals surface area contributed by atoms with Crippen molar-refractivity contribution in [3.63, 3.8) is 0 Å². The van der Waals surface area contributed by atoms with Crippen molar-refractivity contribution < 1.29 is 13.6 Å². The van der Waals surface area contributed by atoms with E-state index >= 15 is 0 Å². The van der Waals surface area contributed by atoms with E-state index in [4.69, 9.17) is 16.6 Å². The van der Waals surface area contributed by atoms with Crippen LogP contribution in [0.5, 0.6) is 0 Å². The molecule has 0 bridgehead atoms. The van der Waals surface area contributed by atoms with Gasteiger partial charge in [-0.2, -0.15) is 0 Å². The third-order valence-corrected chi connectivity index (χ3v) is 6.53. The Kier molecular flexibility index (Phi) is 6.06. The van der Waals surface area contributed by atoms with Crippen LogP contribution in [0.4, 0.5) is 8.78 Å². The molecule has 5 rings (SSSR count). The molecule has 1 amide bonds. The Balaban J connectivity index is 1.59. The molecule has 0 spiro atoms. The number of benzene rings is 2. The van der Waals surface area contributed by atoms with Gasteiger partial charge in [-0.3, -0.25) is 9.69 Å². The van der Waals surface area contributed by atoms with Gasteiger partial charge in [-0.05, 0) is 36.4 Å². The van der Waals surface area contributed by atoms with Gasteiger partial charge in [0.1, 0.15) is 17.3 Å². The lowest BCUT2D eigenvalue weighted by Gasteiger charge is -2.34. The van der Waals surface area contributed by atoms with E-state index in [1.807, 2.05) is 33.6 Å². The van der Waals surface area contributed by atoms with Gasteiger partial charge in [0.15, 0.2) is 0 Å². The van der Waals surface area contributed by atoms with Crippen molar-refractivity contribution in [2.75, 3.05) is 26.2 Å². The summed E-state index contributed by atoms with van der Waals surface area (Å²) >= 11 is 6.09. The Bertz CT molecular complexity index is 1340. The highest BCUT2D eigenvalue weighted by Crippen LogP contribution is 2.31. The van der Waals surface area contributed by atoms with E-state index in [1.54, 1.807) is 25.3 Å². The van der Waals surface area contributed by atoms with Gasteiger partial charge in [0.2, 0.25) is 5.91 Å². The summed E-state index contributed by atoms with van der Waals surface area (Å²) in [4.78, 5) is 20.7. The molecule has 174 valence electrons. The van der Waals surface area contributed by atoms with E-state index in [1.165, 1.54) is 18.2 Å². The highest BCUT2D eigenvalue weighted by atomic mass is 35.5. The lowest BCUT2D eigenvalue weighted by molar-refractivity contribution is -0.130. The van der Waals surface area contributed by atoms with Crippen LogP contribution in [-0.2, 0) is 11.3 Å². The fraction of sp³-hybridized carbons (Fsp3) is 0.231. The van der Waals surface area contributed by atoms with Crippen molar-refractivity contribution in [2.45, 2.75) is 13.5 Å². The second-order valence-electron chi connectivity index (χ2n) is 8.44. The number of hydrogen-bond acceptors (Lipinski definition) is 3. The van der Waals surface area contributed by atoms with E-state index in [2.05, 4.69) is 4.90 Å². The van der Waals surface area contributed by atoms with Gasteiger partial charge in [-0.15, -0.1) is 0 Å². The highest BCUT2D eigenvalue weighted by molar-refractivity contribution is 6.30. The molecular weight excluding hydrogens is 458 g/mol. The number of carbonyl (C=O) groups is 1. The Morgan fingerprint density at radius 3 is 2.24 bits per heavy atom. The lowest BCUT2D eigenvalue weighted by Crippen LogP contribution is -2.47. The summed E-state index contributed by atoms with van der Waals surface area (Å²) in [5.41, 5.74) is 3.66. The van der Waals surface area contributed by atoms with Gasteiger partial charge in [0.05, 0.1) is 17.0 Å². The first-order chi connectivity index (χ1) is 16.4. The molecule has 34 heavy (non-hydrogen) atoms. The van der Waals surface area contributed by atoms with E-state index in [0.717, 1.165) is 30.0 Å². The monoisotopic (exact) mass is 480 g/mol. The third-order valence-electron chi connectivity index (χ3n) is 6.28. The fourth-order valence-electron chi connectivity index (χ4n) is 4.44. The molecule has 2 aromatic carbocycles. The molecule has 0 saturated carbocycles. The molecule has 3 heterocycles. The first kappa shape index (κ1) is 22.5. The van der Waals surface area contributed by atoms with Crippen molar-refractivity contribution in [1.29, 1.82) is 0 Å². The van der Waals surface area contributed by atoms with Crippen LogP contribution in [0.15, 0.2) is 60.8 Å². The summed E-state index contributed by atoms with van der Waals surface area (Å²) < 4.78 is 30.9. The van der Waals surface area contributed by atoms with Crippen LogP contribution in [0, 0.1) is 11.6 Å². The van der Waals surface area contributed by atoms with Gasteiger partial charge in [-0.1, -0.05) is 29.8 Å². The zero-order valence-electron chi connectivity index (χ0n) is 18.6. The van der Waals surface area contributed by atoms with E-state index in [9.17, 15) is 13.6 Å². The van der Waals surface area contributed by atoms with Crippen molar-refractivity contribution in [1.82, 2.24) is 19.2 Å². The predicted molar refractivity (Wildman–Crippen MR) is 129 cm³/mol. The topological polar surface area (TPSA) is 40.9 Å².